The van der Waals surface area contributed by atoms with Crippen molar-refractivity contribution in [1.82, 2.24) is 10.2 Å². The van der Waals surface area contributed by atoms with Crippen LogP contribution in [-0.2, 0) is 4.79 Å². The third kappa shape index (κ3) is 5.01. The molecule has 0 aliphatic carbocycles. The maximum atomic E-state index is 12.5. The Hall–Kier alpha value is -1.39. The van der Waals surface area contributed by atoms with Gasteiger partial charge in [0.25, 0.3) is 0 Å². The van der Waals surface area contributed by atoms with Crippen molar-refractivity contribution in [2.24, 2.45) is 5.92 Å². The maximum absolute atomic E-state index is 12.5. The van der Waals surface area contributed by atoms with Crippen molar-refractivity contribution in [2.75, 3.05) is 45.7 Å². The molecule has 0 aromatic heterocycles. The van der Waals surface area contributed by atoms with Crippen molar-refractivity contribution in [2.45, 2.75) is 6.92 Å². The van der Waals surface area contributed by atoms with Crippen LogP contribution >= 0.6 is 0 Å². The molecule has 0 radical (unpaired) electrons. The van der Waals surface area contributed by atoms with Gasteiger partial charge in [0, 0.05) is 31.2 Å². The van der Waals surface area contributed by atoms with E-state index in [4.69, 9.17) is 0 Å². The molecule has 4 heteroatoms. The molecule has 1 atom stereocenters. The largest absolute Gasteiger partial charge is 0.319 e. The summed E-state index contributed by atoms with van der Waals surface area (Å²) in [5.74, 6) is 0.148. The molecule has 106 valence electrons. The van der Waals surface area contributed by atoms with Crippen LogP contribution in [0.2, 0.25) is 0 Å². The number of benzene rings is 1. The number of anilines is 1. The number of rotatable bonds is 7. The molecule has 0 aliphatic rings. The van der Waals surface area contributed by atoms with Gasteiger partial charge in [-0.1, -0.05) is 25.1 Å². The number of nitrogens with one attached hydrogen (secondary N) is 1. The molecule has 1 rings (SSSR count). The van der Waals surface area contributed by atoms with Crippen LogP contribution in [0.3, 0.4) is 0 Å². The van der Waals surface area contributed by atoms with Gasteiger partial charge in [0.1, 0.15) is 0 Å². The van der Waals surface area contributed by atoms with Crippen LogP contribution in [0.4, 0.5) is 5.69 Å². The van der Waals surface area contributed by atoms with Crippen LogP contribution in [0.15, 0.2) is 30.3 Å². The Morgan fingerprint density at radius 2 is 1.84 bits per heavy atom. The van der Waals surface area contributed by atoms with Gasteiger partial charge < -0.3 is 15.1 Å². The predicted molar refractivity (Wildman–Crippen MR) is 80.4 cm³/mol. The lowest BCUT2D eigenvalue weighted by Gasteiger charge is -2.27. The predicted octanol–water partition coefficient (Wildman–Crippen LogP) is 1.44. The van der Waals surface area contributed by atoms with E-state index in [-0.39, 0.29) is 11.8 Å². The maximum Gasteiger partial charge on any atom is 0.231 e. The van der Waals surface area contributed by atoms with Crippen molar-refractivity contribution >= 4 is 11.6 Å². The first-order valence-electron chi connectivity index (χ1n) is 6.72. The van der Waals surface area contributed by atoms with E-state index in [0.29, 0.717) is 13.1 Å². The second kappa shape index (κ2) is 7.92. The van der Waals surface area contributed by atoms with E-state index in [1.807, 2.05) is 63.3 Å². The second-order valence-electron chi connectivity index (χ2n) is 5.09. The Balaban J connectivity index is 2.83. The summed E-state index contributed by atoms with van der Waals surface area (Å²) in [6.07, 6.45) is 0. The molecule has 1 amide bonds. The SMILES string of the molecule is CNCC(C)C(=O)N(CCN(C)C)c1ccccc1. The van der Waals surface area contributed by atoms with E-state index in [0.717, 1.165) is 12.2 Å². The summed E-state index contributed by atoms with van der Waals surface area (Å²) in [6, 6.07) is 9.87. The first-order valence-corrected chi connectivity index (χ1v) is 6.72. The lowest BCUT2D eigenvalue weighted by molar-refractivity contribution is -0.121. The summed E-state index contributed by atoms with van der Waals surface area (Å²) in [5, 5.41) is 3.06. The number of carbonyl (C=O) groups is 1. The minimum atomic E-state index is -0.0210. The van der Waals surface area contributed by atoms with Gasteiger partial charge >= 0.3 is 0 Å². The Kier molecular flexibility index (Phi) is 6.53. The smallest absolute Gasteiger partial charge is 0.231 e. The average molecular weight is 263 g/mol. The Morgan fingerprint density at radius 3 is 2.37 bits per heavy atom. The van der Waals surface area contributed by atoms with Crippen molar-refractivity contribution in [1.29, 1.82) is 0 Å². The van der Waals surface area contributed by atoms with Gasteiger partial charge in [-0.15, -0.1) is 0 Å². The third-order valence-electron chi connectivity index (χ3n) is 3.04. The number of likely N-dealkylation sites (N-methyl/N-ethyl adjacent to an activating group) is 1. The monoisotopic (exact) mass is 263 g/mol. The number of amides is 1. The Morgan fingerprint density at radius 1 is 1.21 bits per heavy atom. The van der Waals surface area contributed by atoms with Crippen molar-refractivity contribution in [3.63, 3.8) is 0 Å². The van der Waals surface area contributed by atoms with Crippen LogP contribution in [-0.4, -0.2) is 51.6 Å². The molecule has 0 saturated heterocycles. The van der Waals surface area contributed by atoms with Crippen LogP contribution in [0.5, 0.6) is 0 Å². The average Bonchev–Trinajstić information content (AvgIpc) is 2.40. The summed E-state index contributed by atoms with van der Waals surface area (Å²) >= 11 is 0. The minimum Gasteiger partial charge on any atom is -0.319 e. The number of nitrogens with zero attached hydrogens (tertiary/aromatic N) is 2. The van der Waals surface area contributed by atoms with Gasteiger partial charge in [0.2, 0.25) is 5.91 Å². The van der Waals surface area contributed by atoms with Crippen molar-refractivity contribution < 1.29 is 4.79 Å². The molecule has 1 aromatic carbocycles. The highest BCUT2D eigenvalue weighted by atomic mass is 16.2. The number of hydrogen-bond acceptors (Lipinski definition) is 3. The molecule has 0 spiro atoms. The molecule has 0 saturated carbocycles. The molecule has 0 fully saturated rings. The van der Waals surface area contributed by atoms with Crippen LogP contribution in [0.25, 0.3) is 0 Å². The van der Waals surface area contributed by atoms with E-state index >= 15 is 0 Å². The van der Waals surface area contributed by atoms with Gasteiger partial charge in [-0.05, 0) is 33.3 Å². The molecule has 0 bridgehead atoms. The molecule has 0 heterocycles. The topological polar surface area (TPSA) is 35.6 Å². The second-order valence-corrected chi connectivity index (χ2v) is 5.09. The first kappa shape index (κ1) is 15.7. The summed E-state index contributed by atoms with van der Waals surface area (Å²) < 4.78 is 0. The highest BCUT2D eigenvalue weighted by Gasteiger charge is 2.21. The van der Waals surface area contributed by atoms with Crippen LogP contribution in [0, 0.1) is 5.92 Å². The highest BCUT2D eigenvalue weighted by Crippen LogP contribution is 2.16. The molecule has 0 aliphatic heterocycles. The molecule has 1 N–H and O–H groups in total. The van der Waals surface area contributed by atoms with E-state index in [1.54, 1.807) is 0 Å². The lowest BCUT2D eigenvalue weighted by Crippen LogP contribution is -2.42. The lowest BCUT2D eigenvalue weighted by atomic mass is 10.1. The Labute approximate surface area is 116 Å². The molecule has 19 heavy (non-hydrogen) atoms. The van der Waals surface area contributed by atoms with Crippen LogP contribution < -0.4 is 10.2 Å². The van der Waals surface area contributed by atoms with E-state index < -0.39 is 0 Å². The van der Waals surface area contributed by atoms with Gasteiger partial charge in [0.05, 0.1) is 0 Å². The number of carbonyl (C=O) groups excluding carboxylic acids is 1. The zero-order valence-corrected chi connectivity index (χ0v) is 12.4. The van der Waals surface area contributed by atoms with Crippen molar-refractivity contribution in [3.05, 3.63) is 30.3 Å². The number of hydrogen-bond donors (Lipinski definition) is 1. The normalized spacial score (nSPS) is 12.5. The minimum absolute atomic E-state index is 0.0210. The van der Waals surface area contributed by atoms with Crippen molar-refractivity contribution in [3.8, 4) is 0 Å². The third-order valence-corrected chi connectivity index (χ3v) is 3.04. The molecule has 1 aromatic rings. The fourth-order valence-electron chi connectivity index (χ4n) is 1.93. The van der Waals surface area contributed by atoms with E-state index in [1.165, 1.54) is 0 Å². The van der Waals surface area contributed by atoms with E-state index in [9.17, 15) is 4.79 Å². The summed E-state index contributed by atoms with van der Waals surface area (Å²) in [5.41, 5.74) is 0.970. The highest BCUT2D eigenvalue weighted by molar-refractivity contribution is 5.94. The van der Waals surface area contributed by atoms with Crippen LogP contribution in [0.1, 0.15) is 6.92 Å². The zero-order chi connectivity index (χ0) is 14.3. The summed E-state index contributed by atoms with van der Waals surface area (Å²) in [7, 11) is 5.91. The number of para-hydroxylation sites is 1. The van der Waals surface area contributed by atoms with Gasteiger partial charge in [-0.2, -0.15) is 0 Å². The van der Waals surface area contributed by atoms with E-state index in [2.05, 4.69) is 10.2 Å². The molecule has 4 nitrogen and oxygen atoms in total. The van der Waals surface area contributed by atoms with Gasteiger partial charge in [0.15, 0.2) is 0 Å². The first-order chi connectivity index (χ1) is 9.06. The molecular weight excluding hydrogens is 238 g/mol. The van der Waals surface area contributed by atoms with Gasteiger partial charge in [-0.3, -0.25) is 4.79 Å². The van der Waals surface area contributed by atoms with Gasteiger partial charge in [-0.25, -0.2) is 0 Å². The summed E-state index contributed by atoms with van der Waals surface area (Å²) in [4.78, 5) is 16.5. The standard InChI is InChI=1S/C15H25N3O/c1-13(12-16-2)15(19)18(11-10-17(3)4)14-8-6-5-7-9-14/h5-9,13,16H,10-12H2,1-4H3. The molecular formula is C15H25N3O. The fourth-order valence-corrected chi connectivity index (χ4v) is 1.93. The summed E-state index contributed by atoms with van der Waals surface area (Å²) in [6.45, 7) is 4.23. The fraction of sp³-hybridized carbons (Fsp3) is 0.533. The zero-order valence-electron chi connectivity index (χ0n) is 12.4. The Bertz CT molecular complexity index is 378. The molecule has 1 unspecified atom stereocenters. The quantitative estimate of drug-likeness (QED) is 0.808.